The van der Waals surface area contributed by atoms with E-state index in [0.717, 1.165) is 12.8 Å². The van der Waals surface area contributed by atoms with Crippen molar-refractivity contribution in [1.82, 2.24) is 34.9 Å². The van der Waals surface area contributed by atoms with E-state index in [4.69, 9.17) is 10.5 Å². The minimum absolute atomic E-state index is 0.0251. The summed E-state index contributed by atoms with van der Waals surface area (Å²) in [6.45, 7) is 7.84. The van der Waals surface area contributed by atoms with Crippen LogP contribution in [-0.4, -0.2) is 94.7 Å². The molecule has 1 fully saturated rings. The topological polar surface area (TPSA) is 173 Å². The molecule has 3 amide bonds. The molecule has 0 spiro atoms. The van der Waals surface area contributed by atoms with Gasteiger partial charge in [0, 0.05) is 44.1 Å². The summed E-state index contributed by atoms with van der Waals surface area (Å²) in [5.74, 6) is -0.288. The molecule has 43 heavy (non-hydrogen) atoms. The number of aryl methyl sites for hydroxylation is 1. The maximum atomic E-state index is 12.7. The van der Waals surface area contributed by atoms with Crippen LogP contribution in [0, 0.1) is 6.92 Å². The van der Waals surface area contributed by atoms with Crippen LogP contribution < -0.4 is 26.4 Å². The Morgan fingerprint density at radius 1 is 1.23 bits per heavy atom. The lowest BCUT2D eigenvalue weighted by Crippen LogP contribution is -2.39. The molecular formula is C29H38N10O4. The summed E-state index contributed by atoms with van der Waals surface area (Å²) in [5.41, 5.74) is 7.97. The van der Waals surface area contributed by atoms with Gasteiger partial charge in [0.2, 0.25) is 11.9 Å². The van der Waals surface area contributed by atoms with Crippen molar-refractivity contribution in [1.29, 1.82) is 0 Å². The van der Waals surface area contributed by atoms with Crippen LogP contribution in [0.3, 0.4) is 0 Å². The van der Waals surface area contributed by atoms with Gasteiger partial charge in [0.25, 0.3) is 11.8 Å². The molecule has 14 nitrogen and oxygen atoms in total. The number of amides is 3. The van der Waals surface area contributed by atoms with Crippen molar-refractivity contribution >= 4 is 40.9 Å². The molecule has 228 valence electrons. The Hall–Kier alpha value is -4.98. The molecule has 0 saturated carbocycles. The van der Waals surface area contributed by atoms with Crippen molar-refractivity contribution < 1.29 is 19.1 Å². The van der Waals surface area contributed by atoms with E-state index in [1.807, 2.05) is 36.8 Å². The Labute approximate surface area is 250 Å². The van der Waals surface area contributed by atoms with Crippen LogP contribution in [0.5, 0.6) is 5.75 Å². The molecular weight excluding hydrogens is 552 g/mol. The fourth-order valence-electron chi connectivity index (χ4n) is 4.77. The predicted molar refractivity (Wildman–Crippen MR) is 163 cm³/mol. The summed E-state index contributed by atoms with van der Waals surface area (Å²) in [7, 11) is 5.36. The van der Waals surface area contributed by atoms with E-state index in [9.17, 15) is 14.4 Å². The number of nitrogens with one attached hydrogen (secondary N) is 3. The van der Waals surface area contributed by atoms with Crippen molar-refractivity contribution in [3.8, 4) is 5.75 Å². The number of likely N-dealkylation sites (tertiary alicyclic amines) is 1. The van der Waals surface area contributed by atoms with E-state index in [0.29, 0.717) is 54.4 Å². The molecule has 1 aliphatic rings. The van der Waals surface area contributed by atoms with Gasteiger partial charge in [0.05, 0.1) is 30.7 Å². The molecule has 3 aromatic rings. The summed E-state index contributed by atoms with van der Waals surface area (Å²) in [6, 6.07) is 3.37. The van der Waals surface area contributed by atoms with Gasteiger partial charge in [-0.15, -0.1) is 0 Å². The number of methoxy groups -OCH3 is 1. The Morgan fingerprint density at radius 2 is 2.02 bits per heavy atom. The highest BCUT2D eigenvalue weighted by Gasteiger charge is 2.24. The molecule has 0 bridgehead atoms. The Bertz CT molecular complexity index is 1500. The fourth-order valence-corrected chi connectivity index (χ4v) is 4.77. The van der Waals surface area contributed by atoms with Gasteiger partial charge in [-0.05, 0) is 57.6 Å². The molecule has 5 N–H and O–H groups in total. The van der Waals surface area contributed by atoms with Gasteiger partial charge in [-0.25, -0.2) is 4.98 Å². The van der Waals surface area contributed by atoms with Crippen LogP contribution in [0.2, 0.25) is 0 Å². The number of nitrogens with zero attached hydrogens (tertiary/aromatic N) is 6. The molecule has 3 heterocycles. The van der Waals surface area contributed by atoms with Gasteiger partial charge in [-0.1, -0.05) is 6.58 Å². The molecule has 14 heteroatoms. The highest BCUT2D eigenvalue weighted by atomic mass is 16.5. The third-order valence-electron chi connectivity index (χ3n) is 7.04. The van der Waals surface area contributed by atoms with E-state index < -0.39 is 5.91 Å². The van der Waals surface area contributed by atoms with E-state index in [2.05, 4.69) is 37.6 Å². The summed E-state index contributed by atoms with van der Waals surface area (Å²) in [5, 5.41) is 13.6. The van der Waals surface area contributed by atoms with Gasteiger partial charge in [-0.2, -0.15) is 10.1 Å². The second kappa shape index (κ2) is 13.8. The second-order valence-electron chi connectivity index (χ2n) is 10.5. The number of ether oxygens (including phenoxy) is 1. The first-order valence-corrected chi connectivity index (χ1v) is 13.9. The van der Waals surface area contributed by atoms with Gasteiger partial charge in [0.15, 0.2) is 0 Å². The number of primary amides is 1. The number of aromatic nitrogens is 4. The summed E-state index contributed by atoms with van der Waals surface area (Å²) >= 11 is 0. The van der Waals surface area contributed by atoms with Gasteiger partial charge in [-0.3, -0.25) is 19.1 Å². The molecule has 1 aromatic carbocycles. The first kappa shape index (κ1) is 31.0. The summed E-state index contributed by atoms with van der Waals surface area (Å²) in [4.78, 5) is 49.5. The number of rotatable bonds is 12. The number of nitrogens with two attached hydrogens (primary N) is 1. The van der Waals surface area contributed by atoms with Crippen molar-refractivity contribution in [2.45, 2.75) is 25.8 Å². The van der Waals surface area contributed by atoms with Crippen molar-refractivity contribution in [2.75, 3.05) is 58.0 Å². The number of piperidine rings is 1. The van der Waals surface area contributed by atoms with Crippen molar-refractivity contribution in [3.63, 3.8) is 0 Å². The number of likely N-dealkylation sites (N-methyl/N-ethyl adjacent to an activating group) is 1. The minimum Gasteiger partial charge on any atom is -0.495 e. The Morgan fingerprint density at radius 3 is 2.72 bits per heavy atom. The highest BCUT2D eigenvalue weighted by Crippen LogP contribution is 2.33. The first-order valence-electron chi connectivity index (χ1n) is 13.9. The van der Waals surface area contributed by atoms with Crippen LogP contribution in [0.1, 0.15) is 45.2 Å². The van der Waals surface area contributed by atoms with Crippen LogP contribution in [0.25, 0.3) is 0 Å². The van der Waals surface area contributed by atoms with Gasteiger partial charge >= 0.3 is 0 Å². The first-order chi connectivity index (χ1) is 20.6. The van der Waals surface area contributed by atoms with Crippen molar-refractivity contribution in [3.05, 3.63) is 60.1 Å². The average molecular weight is 591 g/mol. The summed E-state index contributed by atoms with van der Waals surface area (Å²) < 4.78 is 7.39. The molecule has 0 aliphatic carbocycles. The second-order valence-corrected chi connectivity index (χ2v) is 10.5. The lowest BCUT2D eigenvalue weighted by molar-refractivity contribution is -0.127. The van der Waals surface area contributed by atoms with Gasteiger partial charge < -0.3 is 36.2 Å². The average Bonchev–Trinajstić information content (AvgIpc) is 3.45. The van der Waals surface area contributed by atoms with E-state index >= 15 is 0 Å². The quantitative estimate of drug-likeness (QED) is 0.229. The standard InChI is InChI=1S/C29H38N10O4/c1-6-24(40)38-10-7-8-21(17-38)39-16-20(14-33-39)34-29-32-15-22(26(30)41)27(36-29)35-25-18(2)12-19(13-23(25)43-5)28(42)31-9-11-37(3)4/h6,12-16,21H,1,7-11,17H2,2-5H3,(H2,30,41)(H,31,42)(H2,32,34,35,36). The van der Waals surface area contributed by atoms with Gasteiger partial charge in [0.1, 0.15) is 17.1 Å². The zero-order valence-electron chi connectivity index (χ0n) is 24.9. The number of hydrogen-bond donors (Lipinski definition) is 4. The molecule has 0 radical (unpaired) electrons. The number of benzene rings is 1. The lowest BCUT2D eigenvalue weighted by atomic mass is 10.1. The molecule has 2 aromatic heterocycles. The van der Waals surface area contributed by atoms with E-state index in [-0.39, 0.29) is 35.2 Å². The zero-order valence-corrected chi connectivity index (χ0v) is 24.9. The third kappa shape index (κ3) is 7.65. The number of carbonyl (C=O) groups excluding carboxylic acids is 3. The molecule has 1 aliphatic heterocycles. The number of anilines is 4. The smallest absolute Gasteiger partial charge is 0.254 e. The normalized spacial score (nSPS) is 14.7. The van der Waals surface area contributed by atoms with Crippen LogP contribution in [0.15, 0.2) is 43.4 Å². The lowest BCUT2D eigenvalue weighted by Gasteiger charge is -2.32. The molecule has 4 rings (SSSR count). The largest absolute Gasteiger partial charge is 0.495 e. The molecule has 1 atom stereocenters. The number of hydrogen-bond acceptors (Lipinski definition) is 10. The molecule has 1 unspecified atom stereocenters. The van der Waals surface area contributed by atoms with Crippen LogP contribution in [-0.2, 0) is 4.79 Å². The fraction of sp³-hybridized carbons (Fsp3) is 0.379. The third-order valence-corrected chi connectivity index (χ3v) is 7.04. The number of carbonyl (C=O) groups is 3. The highest BCUT2D eigenvalue weighted by molar-refractivity contribution is 5.99. The van der Waals surface area contributed by atoms with Crippen molar-refractivity contribution in [2.24, 2.45) is 5.73 Å². The van der Waals surface area contributed by atoms with E-state index in [1.165, 1.54) is 19.4 Å². The predicted octanol–water partition coefficient (Wildman–Crippen LogP) is 2.22. The van der Waals surface area contributed by atoms with E-state index in [1.54, 1.807) is 23.2 Å². The Kier molecular flexibility index (Phi) is 9.93. The van der Waals surface area contributed by atoms with Crippen LogP contribution >= 0.6 is 0 Å². The maximum absolute atomic E-state index is 12.7. The molecule has 1 saturated heterocycles. The summed E-state index contributed by atoms with van der Waals surface area (Å²) in [6.07, 6.45) is 7.87. The Balaban J connectivity index is 1.54. The zero-order chi connectivity index (χ0) is 31.1. The SMILES string of the molecule is C=CC(=O)N1CCCC(n2cc(Nc3ncc(C(N)=O)c(Nc4c(C)cc(C(=O)NCCN(C)C)cc4OC)n3)cn2)C1. The van der Waals surface area contributed by atoms with Crippen LogP contribution in [0.4, 0.5) is 23.1 Å². The minimum atomic E-state index is -0.716. The maximum Gasteiger partial charge on any atom is 0.254 e. The monoisotopic (exact) mass is 590 g/mol.